The van der Waals surface area contributed by atoms with Gasteiger partial charge in [-0.1, -0.05) is 6.58 Å². The van der Waals surface area contributed by atoms with Crippen LogP contribution in [-0.2, 0) is 13.6 Å². The zero-order valence-electron chi connectivity index (χ0n) is 12.1. The predicted octanol–water partition coefficient (Wildman–Crippen LogP) is 2.76. The van der Waals surface area contributed by atoms with Crippen molar-refractivity contribution >= 4 is 14.5 Å². The molecule has 0 aliphatic rings. The van der Waals surface area contributed by atoms with Crippen LogP contribution in [0.1, 0.15) is 19.8 Å². The van der Waals surface area contributed by atoms with Gasteiger partial charge in [-0.2, -0.15) is 13.2 Å². The second-order valence-electron chi connectivity index (χ2n) is 4.57. The number of amides is 1. The van der Waals surface area contributed by atoms with Crippen molar-refractivity contribution in [1.29, 1.82) is 0 Å². The summed E-state index contributed by atoms with van der Waals surface area (Å²) in [7, 11) is -0.0990. The van der Waals surface area contributed by atoms with Crippen molar-refractivity contribution in [3.63, 3.8) is 0 Å². The zero-order chi connectivity index (χ0) is 15.8. The smallest absolute Gasteiger partial charge is 0.389 e. The molecule has 0 aromatic carbocycles. The fourth-order valence-corrected chi connectivity index (χ4v) is 4.27. The first-order chi connectivity index (χ1) is 9.16. The van der Waals surface area contributed by atoms with Crippen LogP contribution >= 0.6 is 0 Å². The first-order valence-corrected chi connectivity index (χ1v) is 8.49. The molecule has 0 saturated heterocycles. The molecule has 0 bridgehead atoms. The van der Waals surface area contributed by atoms with E-state index in [1.165, 1.54) is 14.2 Å². The fourth-order valence-electron chi connectivity index (χ4n) is 1.66. The maximum atomic E-state index is 12.3. The summed E-state index contributed by atoms with van der Waals surface area (Å²) in [6.45, 7) is 5.44. The number of carbonyl (C=O) groups is 1. The highest BCUT2D eigenvalue weighted by molar-refractivity contribution is 6.67. The van der Waals surface area contributed by atoms with Crippen LogP contribution in [0.2, 0.25) is 12.1 Å². The standard InChI is InChI=1S/C12H22F3NO3Si/c1-10(2)11(17)16-7-5-8-20(18-3,19-4)9-6-12(13,14)15/h1,5-9H2,2-4H3,(H,16,17). The highest BCUT2D eigenvalue weighted by Crippen LogP contribution is 2.29. The van der Waals surface area contributed by atoms with Crippen LogP contribution in [0.5, 0.6) is 0 Å². The van der Waals surface area contributed by atoms with Crippen molar-refractivity contribution in [2.75, 3.05) is 20.8 Å². The van der Waals surface area contributed by atoms with E-state index in [0.29, 0.717) is 24.6 Å². The maximum absolute atomic E-state index is 12.3. The molecule has 118 valence electrons. The summed E-state index contributed by atoms with van der Waals surface area (Å²) < 4.78 is 47.3. The van der Waals surface area contributed by atoms with Gasteiger partial charge in [0.15, 0.2) is 0 Å². The van der Waals surface area contributed by atoms with Crippen molar-refractivity contribution in [3.05, 3.63) is 12.2 Å². The van der Waals surface area contributed by atoms with E-state index in [4.69, 9.17) is 8.85 Å². The Bertz CT molecular complexity index is 330. The topological polar surface area (TPSA) is 47.6 Å². The van der Waals surface area contributed by atoms with Gasteiger partial charge in [0, 0.05) is 32.8 Å². The minimum absolute atomic E-state index is 0.141. The molecule has 0 fully saturated rings. The van der Waals surface area contributed by atoms with E-state index in [1.807, 2.05) is 0 Å². The van der Waals surface area contributed by atoms with Gasteiger partial charge >= 0.3 is 14.7 Å². The first-order valence-electron chi connectivity index (χ1n) is 6.26. The molecule has 4 nitrogen and oxygen atoms in total. The lowest BCUT2D eigenvalue weighted by Crippen LogP contribution is -2.41. The van der Waals surface area contributed by atoms with Crippen molar-refractivity contribution < 1.29 is 26.8 Å². The Morgan fingerprint density at radius 1 is 1.25 bits per heavy atom. The third-order valence-corrected chi connectivity index (χ3v) is 6.56. The lowest BCUT2D eigenvalue weighted by molar-refractivity contribution is -0.131. The van der Waals surface area contributed by atoms with Gasteiger partial charge in [0.25, 0.3) is 0 Å². The van der Waals surface area contributed by atoms with E-state index >= 15 is 0 Å². The second kappa shape index (κ2) is 8.43. The molecule has 0 aromatic heterocycles. The number of carbonyl (C=O) groups excluding carboxylic acids is 1. The SMILES string of the molecule is C=C(C)C(=O)NCCC[Si](CCC(F)(F)F)(OC)OC. The van der Waals surface area contributed by atoms with Crippen LogP contribution < -0.4 is 5.32 Å². The molecule has 0 aromatic rings. The van der Waals surface area contributed by atoms with E-state index in [-0.39, 0.29) is 12.0 Å². The molecule has 0 atom stereocenters. The summed E-state index contributed by atoms with van der Waals surface area (Å²) in [4.78, 5) is 11.3. The summed E-state index contributed by atoms with van der Waals surface area (Å²) in [5.74, 6) is -0.262. The number of halogens is 3. The minimum atomic E-state index is -4.22. The Morgan fingerprint density at radius 2 is 1.80 bits per heavy atom. The van der Waals surface area contributed by atoms with E-state index in [0.717, 1.165) is 0 Å². The molecule has 1 N–H and O–H groups in total. The molecule has 0 aliphatic carbocycles. The van der Waals surface area contributed by atoms with Crippen LogP contribution in [0, 0.1) is 0 Å². The molecule has 0 aliphatic heterocycles. The number of hydrogen-bond acceptors (Lipinski definition) is 3. The van der Waals surface area contributed by atoms with Gasteiger partial charge in [-0.25, -0.2) is 0 Å². The molecule has 0 spiro atoms. The van der Waals surface area contributed by atoms with Crippen molar-refractivity contribution in [3.8, 4) is 0 Å². The molecule has 0 heterocycles. The van der Waals surface area contributed by atoms with Crippen molar-refractivity contribution in [1.82, 2.24) is 5.32 Å². The Hall–Kier alpha value is -0.863. The number of nitrogens with one attached hydrogen (secondary N) is 1. The highest BCUT2D eigenvalue weighted by Gasteiger charge is 2.40. The molecule has 0 rings (SSSR count). The highest BCUT2D eigenvalue weighted by atomic mass is 28.4. The summed E-state index contributed by atoms with van der Waals surface area (Å²) in [6, 6.07) is 0.254. The number of alkyl halides is 3. The molecule has 0 saturated carbocycles. The summed E-state index contributed by atoms with van der Waals surface area (Å²) in [6.07, 6.45) is -4.63. The van der Waals surface area contributed by atoms with E-state index in [9.17, 15) is 18.0 Å². The maximum Gasteiger partial charge on any atom is 0.389 e. The van der Waals surface area contributed by atoms with Crippen LogP contribution in [0.4, 0.5) is 13.2 Å². The number of hydrogen-bond donors (Lipinski definition) is 1. The van der Waals surface area contributed by atoms with Crippen LogP contribution in [0.15, 0.2) is 12.2 Å². The average Bonchev–Trinajstić information content (AvgIpc) is 2.37. The van der Waals surface area contributed by atoms with Crippen LogP contribution in [-0.4, -0.2) is 41.4 Å². The molecular formula is C12H22F3NO3Si. The first kappa shape index (κ1) is 19.1. The molecule has 0 unspecified atom stereocenters. The van der Waals surface area contributed by atoms with Gasteiger partial charge in [-0.3, -0.25) is 4.79 Å². The Labute approximate surface area is 118 Å². The van der Waals surface area contributed by atoms with Gasteiger partial charge in [0.05, 0.1) is 0 Å². The minimum Gasteiger partial charge on any atom is -0.398 e. The lowest BCUT2D eigenvalue weighted by Gasteiger charge is -2.27. The van der Waals surface area contributed by atoms with E-state index in [1.54, 1.807) is 6.92 Å². The van der Waals surface area contributed by atoms with Gasteiger partial charge in [0.1, 0.15) is 0 Å². The van der Waals surface area contributed by atoms with E-state index in [2.05, 4.69) is 11.9 Å². The fraction of sp³-hybridized carbons (Fsp3) is 0.750. The Kier molecular flexibility index (Phi) is 8.07. The van der Waals surface area contributed by atoms with Crippen LogP contribution in [0.3, 0.4) is 0 Å². The quantitative estimate of drug-likeness (QED) is 0.404. The molecule has 0 radical (unpaired) electrons. The largest absolute Gasteiger partial charge is 0.398 e. The summed E-state index contributed by atoms with van der Waals surface area (Å²) in [5.41, 5.74) is 0.393. The molecule has 8 heteroatoms. The monoisotopic (exact) mass is 313 g/mol. The van der Waals surface area contributed by atoms with Crippen LogP contribution in [0.25, 0.3) is 0 Å². The molecule has 20 heavy (non-hydrogen) atoms. The summed E-state index contributed by atoms with van der Waals surface area (Å²) in [5, 5.41) is 2.63. The van der Waals surface area contributed by atoms with Crippen molar-refractivity contribution in [2.24, 2.45) is 0 Å². The normalized spacial score (nSPS) is 12.3. The lowest BCUT2D eigenvalue weighted by atomic mass is 10.3. The predicted molar refractivity (Wildman–Crippen MR) is 72.5 cm³/mol. The van der Waals surface area contributed by atoms with Gasteiger partial charge < -0.3 is 14.2 Å². The van der Waals surface area contributed by atoms with Gasteiger partial charge in [-0.05, 0) is 25.4 Å². The molecule has 1 amide bonds. The Morgan fingerprint density at radius 3 is 2.20 bits per heavy atom. The molecular weight excluding hydrogens is 291 g/mol. The zero-order valence-corrected chi connectivity index (χ0v) is 13.1. The van der Waals surface area contributed by atoms with Crippen molar-refractivity contribution in [2.45, 2.75) is 38.0 Å². The number of rotatable bonds is 9. The van der Waals surface area contributed by atoms with Gasteiger partial charge in [0.2, 0.25) is 5.91 Å². The third kappa shape index (κ3) is 7.66. The average molecular weight is 313 g/mol. The van der Waals surface area contributed by atoms with Gasteiger partial charge in [-0.15, -0.1) is 0 Å². The second-order valence-corrected chi connectivity index (χ2v) is 8.21. The third-order valence-electron chi connectivity index (χ3n) is 2.94. The summed E-state index contributed by atoms with van der Waals surface area (Å²) >= 11 is 0. The van der Waals surface area contributed by atoms with E-state index < -0.39 is 21.2 Å². The Balaban J connectivity index is 4.26.